The summed E-state index contributed by atoms with van der Waals surface area (Å²) in [4.78, 5) is 28.8. The van der Waals surface area contributed by atoms with Crippen LogP contribution in [0.4, 0.5) is 4.79 Å². The van der Waals surface area contributed by atoms with E-state index in [1.165, 1.54) is 12.0 Å². The standard InChI is InChI=1S/C13H18ClN3O4/c1-17(2)13(19)16-21-8-12(18)15-7-9-6-10(14)4-5-11(9)20-3/h4-6H,7-8H2,1-3H3,(H,15,18)(H,16,19). The van der Waals surface area contributed by atoms with E-state index in [1.54, 1.807) is 32.3 Å². The Kier molecular flexibility index (Phi) is 6.77. The summed E-state index contributed by atoms with van der Waals surface area (Å²) in [6, 6.07) is 4.68. The van der Waals surface area contributed by atoms with Gasteiger partial charge in [0.25, 0.3) is 0 Å². The second kappa shape index (κ2) is 8.33. The molecule has 0 unspecified atom stereocenters. The maximum atomic E-state index is 11.6. The fraction of sp³-hybridized carbons (Fsp3) is 0.385. The first kappa shape index (κ1) is 17.1. The number of halogens is 1. The Morgan fingerprint density at radius 1 is 1.33 bits per heavy atom. The second-order valence-corrected chi connectivity index (χ2v) is 4.76. The normalized spacial score (nSPS) is 9.90. The van der Waals surface area contributed by atoms with E-state index in [9.17, 15) is 9.59 Å². The van der Waals surface area contributed by atoms with Crippen LogP contribution in [-0.2, 0) is 16.2 Å². The number of benzene rings is 1. The van der Waals surface area contributed by atoms with Gasteiger partial charge in [0, 0.05) is 31.2 Å². The molecule has 7 nitrogen and oxygen atoms in total. The highest BCUT2D eigenvalue weighted by Gasteiger charge is 2.08. The number of hydroxylamine groups is 1. The zero-order valence-corrected chi connectivity index (χ0v) is 12.9. The summed E-state index contributed by atoms with van der Waals surface area (Å²) in [6.07, 6.45) is 0. The molecule has 0 aliphatic heterocycles. The third kappa shape index (κ3) is 5.88. The Labute approximate surface area is 128 Å². The van der Waals surface area contributed by atoms with E-state index in [4.69, 9.17) is 21.2 Å². The van der Waals surface area contributed by atoms with Crippen LogP contribution in [0.2, 0.25) is 5.02 Å². The minimum atomic E-state index is -0.445. The summed E-state index contributed by atoms with van der Waals surface area (Å²) >= 11 is 5.89. The number of rotatable bonds is 6. The molecule has 3 amide bonds. The molecule has 0 saturated carbocycles. The number of nitrogens with zero attached hydrogens (tertiary/aromatic N) is 1. The number of nitrogens with one attached hydrogen (secondary N) is 2. The number of hydrogen-bond acceptors (Lipinski definition) is 4. The van der Waals surface area contributed by atoms with Gasteiger partial charge in [-0.1, -0.05) is 11.6 Å². The molecule has 0 aliphatic rings. The van der Waals surface area contributed by atoms with Crippen LogP contribution in [0.1, 0.15) is 5.56 Å². The molecule has 0 radical (unpaired) electrons. The van der Waals surface area contributed by atoms with Crippen molar-refractivity contribution in [3.05, 3.63) is 28.8 Å². The number of methoxy groups -OCH3 is 1. The molecule has 0 atom stereocenters. The van der Waals surface area contributed by atoms with Gasteiger partial charge < -0.3 is 15.0 Å². The molecule has 8 heteroatoms. The average Bonchev–Trinajstić information content (AvgIpc) is 2.45. The Hall–Kier alpha value is -1.99. The molecule has 0 fully saturated rings. The van der Waals surface area contributed by atoms with Gasteiger partial charge in [-0.25, -0.2) is 10.3 Å². The molecular formula is C13H18ClN3O4. The molecule has 2 N–H and O–H groups in total. The highest BCUT2D eigenvalue weighted by molar-refractivity contribution is 6.30. The van der Waals surface area contributed by atoms with Gasteiger partial charge in [0.15, 0.2) is 6.61 Å². The van der Waals surface area contributed by atoms with Gasteiger partial charge >= 0.3 is 6.03 Å². The van der Waals surface area contributed by atoms with Crippen molar-refractivity contribution in [2.45, 2.75) is 6.54 Å². The quantitative estimate of drug-likeness (QED) is 0.772. The van der Waals surface area contributed by atoms with Crippen LogP contribution in [0.25, 0.3) is 0 Å². The molecule has 0 saturated heterocycles. The van der Waals surface area contributed by atoms with E-state index in [0.717, 1.165) is 5.56 Å². The van der Waals surface area contributed by atoms with Crippen LogP contribution in [-0.4, -0.2) is 44.7 Å². The molecule has 21 heavy (non-hydrogen) atoms. The molecule has 0 aromatic heterocycles. The van der Waals surface area contributed by atoms with Crippen LogP contribution >= 0.6 is 11.6 Å². The maximum absolute atomic E-state index is 11.6. The first-order chi connectivity index (χ1) is 9.93. The summed E-state index contributed by atoms with van der Waals surface area (Å²) in [5, 5.41) is 3.19. The minimum absolute atomic E-state index is 0.244. The molecule has 0 spiro atoms. The summed E-state index contributed by atoms with van der Waals surface area (Å²) < 4.78 is 5.17. The van der Waals surface area contributed by atoms with Crippen LogP contribution < -0.4 is 15.5 Å². The first-order valence-electron chi connectivity index (χ1n) is 6.12. The summed E-state index contributed by atoms with van der Waals surface area (Å²) in [5.74, 6) is 0.248. The van der Waals surface area contributed by atoms with Crippen molar-refractivity contribution >= 4 is 23.5 Å². The van der Waals surface area contributed by atoms with Crippen molar-refractivity contribution in [2.75, 3.05) is 27.8 Å². The zero-order valence-electron chi connectivity index (χ0n) is 12.1. The highest BCUT2D eigenvalue weighted by atomic mass is 35.5. The van der Waals surface area contributed by atoms with E-state index in [2.05, 4.69) is 10.8 Å². The van der Waals surface area contributed by atoms with E-state index in [-0.39, 0.29) is 19.1 Å². The lowest BCUT2D eigenvalue weighted by atomic mass is 10.2. The summed E-state index contributed by atoms with van der Waals surface area (Å²) in [7, 11) is 4.66. The largest absolute Gasteiger partial charge is 0.496 e. The van der Waals surface area contributed by atoms with Crippen molar-refractivity contribution in [3.63, 3.8) is 0 Å². The Balaban J connectivity index is 2.40. The highest BCUT2D eigenvalue weighted by Crippen LogP contribution is 2.22. The van der Waals surface area contributed by atoms with E-state index in [0.29, 0.717) is 10.8 Å². The van der Waals surface area contributed by atoms with Gasteiger partial charge in [-0.15, -0.1) is 0 Å². The van der Waals surface area contributed by atoms with Gasteiger partial charge in [0.05, 0.1) is 7.11 Å². The fourth-order valence-corrected chi connectivity index (χ4v) is 1.58. The topological polar surface area (TPSA) is 79.9 Å². The van der Waals surface area contributed by atoms with Crippen molar-refractivity contribution in [2.24, 2.45) is 0 Å². The number of hydrogen-bond donors (Lipinski definition) is 2. The molecule has 1 aromatic carbocycles. The third-order valence-electron chi connectivity index (χ3n) is 2.49. The predicted octanol–water partition coefficient (Wildman–Crippen LogP) is 1.17. The molecular weight excluding hydrogens is 298 g/mol. The van der Waals surface area contributed by atoms with Crippen molar-refractivity contribution in [1.29, 1.82) is 0 Å². The van der Waals surface area contributed by atoms with Crippen LogP contribution in [0.3, 0.4) is 0 Å². The number of urea groups is 1. The smallest absolute Gasteiger partial charge is 0.340 e. The van der Waals surface area contributed by atoms with E-state index < -0.39 is 6.03 Å². The zero-order chi connectivity index (χ0) is 15.8. The second-order valence-electron chi connectivity index (χ2n) is 4.32. The maximum Gasteiger partial charge on any atom is 0.340 e. The number of amides is 3. The first-order valence-corrected chi connectivity index (χ1v) is 6.50. The van der Waals surface area contributed by atoms with Gasteiger partial charge in [-0.05, 0) is 18.2 Å². The molecule has 1 aromatic rings. The number of ether oxygens (including phenoxy) is 1. The van der Waals surface area contributed by atoms with Gasteiger partial charge in [-0.3, -0.25) is 9.63 Å². The van der Waals surface area contributed by atoms with Crippen molar-refractivity contribution in [1.82, 2.24) is 15.7 Å². The van der Waals surface area contributed by atoms with E-state index in [1.807, 2.05) is 0 Å². The average molecular weight is 316 g/mol. The fourth-order valence-electron chi connectivity index (χ4n) is 1.38. The SMILES string of the molecule is COc1ccc(Cl)cc1CNC(=O)CONC(=O)N(C)C. The van der Waals surface area contributed by atoms with Crippen LogP contribution in [0.15, 0.2) is 18.2 Å². The Morgan fingerprint density at radius 2 is 2.05 bits per heavy atom. The van der Waals surface area contributed by atoms with Crippen LogP contribution in [0.5, 0.6) is 5.75 Å². The van der Waals surface area contributed by atoms with Crippen LogP contribution in [0, 0.1) is 0 Å². The molecule has 1 rings (SSSR count). The predicted molar refractivity (Wildman–Crippen MR) is 78.0 cm³/mol. The summed E-state index contributed by atoms with van der Waals surface area (Å²) in [5.41, 5.74) is 2.87. The molecule has 0 heterocycles. The molecule has 0 bridgehead atoms. The molecule has 0 aliphatic carbocycles. The lowest BCUT2D eigenvalue weighted by Crippen LogP contribution is -2.37. The Morgan fingerprint density at radius 3 is 2.67 bits per heavy atom. The number of carbonyl (C=O) groups excluding carboxylic acids is 2. The lowest BCUT2D eigenvalue weighted by Gasteiger charge is -2.12. The summed E-state index contributed by atoms with van der Waals surface area (Å²) in [6.45, 7) is -0.0456. The monoisotopic (exact) mass is 315 g/mol. The van der Waals surface area contributed by atoms with Crippen molar-refractivity contribution < 1.29 is 19.2 Å². The van der Waals surface area contributed by atoms with Gasteiger partial charge in [0.2, 0.25) is 5.91 Å². The molecule has 116 valence electrons. The third-order valence-corrected chi connectivity index (χ3v) is 2.72. The van der Waals surface area contributed by atoms with Gasteiger partial charge in [0.1, 0.15) is 5.75 Å². The van der Waals surface area contributed by atoms with E-state index >= 15 is 0 Å². The number of carbonyl (C=O) groups is 2. The lowest BCUT2D eigenvalue weighted by molar-refractivity contribution is -0.127. The Bertz CT molecular complexity index is 508. The van der Waals surface area contributed by atoms with Crippen molar-refractivity contribution in [3.8, 4) is 5.75 Å². The minimum Gasteiger partial charge on any atom is -0.496 e. The van der Waals surface area contributed by atoms with Gasteiger partial charge in [-0.2, -0.15) is 0 Å².